The van der Waals surface area contributed by atoms with Crippen molar-refractivity contribution in [2.75, 3.05) is 9.62 Å². The van der Waals surface area contributed by atoms with Crippen molar-refractivity contribution in [3.8, 4) is 0 Å². The second kappa shape index (κ2) is 5.16. The maximum atomic E-state index is 12.9. The quantitative estimate of drug-likeness (QED) is 0.924. The Balaban J connectivity index is 2.19. The molecule has 2 heterocycles. The molecule has 21 heavy (non-hydrogen) atoms. The van der Waals surface area contributed by atoms with E-state index in [9.17, 15) is 13.2 Å². The number of rotatable bonds is 2. The van der Waals surface area contributed by atoms with Crippen molar-refractivity contribution in [2.24, 2.45) is 0 Å². The molecule has 2 aromatic rings. The minimum absolute atomic E-state index is 0.124. The zero-order valence-electron chi connectivity index (χ0n) is 11.3. The van der Waals surface area contributed by atoms with Crippen molar-refractivity contribution < 1.29 is 13.2 Å². The number of hydrogen-bond acceptors (Lipinski definition) is 4. The first-order valence-electron chi connectivity index (χ1n) is 6.47. The Morgan fingerprint density at radius 3 is 2.71 bits per heavy atom. The maximum Gasteiger partial charge on any atom is 0.274 e. The fourth-order valence-corrected chi connectivity index (χ4v) is 5.19. The number of fused-ring (bicyclic) bond motifs is 1. The lowest BCUT2D eigenvalue weighted by Crippen LogP contribution is -2.38. The van der Waals surface area contributed by atoms with Gasteiger partial charge in [0.25, 0.3) is 10.0 Å². The summed E-state index contributed by atoms with van der Waals surface area (Å²) in [7, 11) is -3.67. The molecule has 1 aromatic carbocycles. The Morgan fingerprint density at radius 2 is 2.00 bits per heavy atom. The van der Waals surface area contributed by atoms with Gasteiger partial charge in [-0.25, -0.2) is 8.42 Å². The van der Waals surface area contributed by atoms with E-state index < -0.39 is 16.1 Å². The summed E-state index contributed by atoms with van der Waals surface area (Å²) in [6.07, 6.45) is 0.124. The molecule has 1 aromatic heterocycles. The molecule has 0 bridgehead atoms. The smallest absolute Gasteiger partial charge is 0.274 e. The Bertz CT molecular complexity index is 769. The number of carbonyl (C=O) groups is 1. The summed E-state index contributed by atoms with van der Waals surface area (Å²) in [5, 5.41) is 4.49. The Hall–Kier alpha value is -1.86. The van der Waals surface area contributed by atoms with Gasteiger partial charge >= 0.3 is 0 Å². The summed E-state index contributed by atoms with van der Waals surface area (Å²) in [4.78, 5) is 11.9. The molecule has 1 amide bonds. The van der Waals surface area contributed by atoms with E-state index in [1.54, 1.807) is 48.7 Å². The summed E-state index contributed by atoms with van der Waals surface area (Å²) >= 11 is 1.17. The molecule has 0 fully saturated rings. The maximum absolute atomic E-state index is 12.9. The molecule has 3 rings (SSSR count). The minimum Gasteiger partial charge on any atom is -0.324 e. The third kappa shape index (κ3) is 2.43. The van der Waals surface area contributed by atoms with Crippen LogP contribution in [0.15, 0.2) is 46.0 Å². The van der Waals surface area contributed by atoms with Gasteiger partial charge in [0.15, 0.2) is 0 Å². The lowest BCUT2D eigenvalue weighted by molar-refractivity contribution is -0.116. The summed E-state index contributed by atoms with van der Waals surface area (Å²) in [6.45, 7) is 1.74. The Morgan fingerprint density at radius 1 is 1.24 bits per heavy atom. The van der Waals surface area contributed by atoms with Crippen LogP contribution >= 0.6 is 11.3 Å². The highest BCUT2D eigenvalue weighted by atomic mass is 32.2. The molecule has 0 saturated heterocycles. The SMILES string of the molecule is C[C@H]1CC(=O)Nc2ccccc2N1S(=O)(=O)c1cccs1. The van der Waals surface area contributed by atoms with Crippen LogP contribution in [0.4, 0.5) is 11.4 Å². The zero-order valence-corrected chi connectivity index (χ0v) is 12.9. The van der Waals surface area contributed by atoms with E-state index in [1.165, 1.54) is 15.6 Å². The van der Waals surface area contributed by atoms with Crippen LogP contribution in [-0.2, 0) is 14.8 Å². The van der Waals surface area contributed by atoms with E-state index >= 15 is 0 Å². The fraction of sp³-hybridized carbons (Fsp3) is 0.214. The summed E-state index contributed by atoms with van der Waals surface area (Å²) in [6, 6.07) is 9.79. The van der Waals surface area contributed by atoms with Crippen molar-refractivity contribution in [1.82, 2.24) is 0 Å². The first-order valence-corrected chi connectivity index (χ1v) is 8.79. The number of thiophene rings is 1. The van der Waals surface area contributed by atoms with Crippen LogP contribution in [0.5, 0.6) is 0 Å². The highest BCUT2D eigenvalue weighted by molar-refractivity contribution is 7.94. The van der Waals surface area contributed by atoms with Gasteiger partial charge in [0.05, 0.1) is 17.4 Å². The third-order valence-corrected chi connectivity index (χ3v) is 6.61. The van der Waals surface area contributed by atoms with E-state index in [4.69, 9.17) is 0 Å². The van der Waals surface area contributed by atoms with Crippen molar-refractivity contribution in [3.63, 3.8) is 0 Å². The van der Waals surface area contributed by atoms with Crippen LogP contribution in [0, 0.1) is 0 Å². The number of anilines is 2. The van der Waals surface area contributed by atoms with Crippen molar-refractivity contribution in [2.45, 2.75) is 23.6 Å². The van der Waals surface area contributed by atoms with Gasteiger partial charge in [-0.15, -0.1) is 11.3 Å². The van der Waals surface area contributed by atoms with E-state index in [0.29, 0.717) is 11.4 Å². The molecule has 1 N–H and O–H groups in total. The van der Waals surface area contributed by atoms with Gasteiger partial charge in [-0.3, -0.25) is 9.10 Å². The number of carbonyl (C=O) groups excluding carboxylic acids is 1. The molecule has 0 spiro atoms. The van der Waals surface area contributed by atoms with E-state index in [0.717, 1.165) is 0 Å². The number of para-hydroxylation sites is 2. The molecule has 1 atom stereocenters. The Labute approximate surface area is 127 Å². The number of nitrogens with zero attached hydrogens (tertiary/aromatic N) is 1. The van der Waals surface area contributed by atoms with E-state index in [-0.39, 0.29) is 16.5 Å². The van der Waals surface area contributed by atoms with Crippen LogP contribution in [-0.4, -0.2) is 20.4 Å². The summed E-state index contributed by atoms with van der Waals surface area (Å²) in [5.41, 5.74) is 1.02. The molecule has 0 unspecified atom stereocenters. The van der Waals surface area contributed by atoms with E-state index in [2.05, 4.69) is 5.32 Å². The van der Waals surface area contributed by atoms with Crippen LogP contribution in [0.2, 0.25) is 0 Å². The van der Waals surface area contributed by atoms with Crippen LogP contribution in [0.1, 0.15) is 13.3 Å². The lowest BCUT2D eigenvalue weighted by Gasteiger charge is -2.28. The molecule has 5 nitrogen and oxygen atoms in total. The number of benzene rings is 1. The Kier molecular flexibility index (Phi) is 3.46. The highest BCUT2D eigenvalue weighted by Crippen LogP contribution is 2.36. The van der Waals surface area contributed by atoms with Gasteiger partial charge < -0.3 is 5.32 Å². The van der Waals surface area contributed by atoms with Crippen LogP contribution in [0.3, 0.4) is 0 Å². The van der Waals surface area contributed by atoms with Crippen molar-refractivity contribution in [3.05, 3.63) is 41.8 Å². The molecule has 1 aliphatic heterocycles. The van der Waals surface area contributed by atoms with Gasteiger partial charge in [-0.05, 0) is 30.5 Å². The second-order valence-corrected chi connectivity index (χ2v) is 7.84. The highest BCUT2D eigenvalue weighted by Gasteiger charge is 2.35. The standard InChI is InChI=1S/C14H14N2O3S2/c1-10-9-13(17)15-11-5-2-3-6-12(11)16(10)21(18,19)14-7-4-8-20-14/h2-8,10H,9H2,1H3,(H,15,17)/t10-/m0/s1. The molecular formula is C14H14N2O3S2. The van der Waals surface area contributed by atoms with E-state index in [1.807, 2.05) is 0 Å². The zero-order chi connectivity index (χ0) is 15.0. The molecule has 0 saturated carbocycles. The molecule has 0 aliphatic carbocycles. The lowest BCUT2D eigenvalue weighted by atomic mass is 10.2. The number of amides is 1. The largest absolute Gasteiger partial charge is 0.324 e. The average molecular weight is 322 g/mol. The monoisotopic (exact) mass is 322 g/mol. The predicted molar refractivity (Wildman–Crippen MR) is 83.1 cm³/mol. The molecule has 7 heteroatoms. The van der Waals surface area contributed by atoms with Gasteiger partial charge in [-0.1, -0.05) is 18.2 Å². The normalized spacial score (nSPS) is 18.8. The predicted octanol–water partition coefficient (Wildman–Crippen LogP) is 2.67. The third-order valence-electron chi connectivity index (χ3n) is 3.30. The van der Waals surface area contributed by atoms with Gasteiger partial charge in [-0.2, -0.15) is 0 Å². The number of nitrogens with one attached hydrogen (secondary N) is 1. The summed E-state index contributed by atoms with van der Waals surface area (Å²) in [5.74, 6) is -0.182. The van der Waals surface area contributed by atoms with Crippen LogP contribution < -0.4 is 9.62 Å². The molecule has 1 aliphatic rings. The minimum atomic E-state index is -3.67. The first kappa shape index (κ1) is 14.1. The van der Waals surface area contributed by atoms with Crippen molar-refractivity contribution in [1.29, 1.82) is 0 Å². The molecular weight excluding hydrogens is 308 g/mol. The van der Waals surface area contributed by atoms with Gasteiger partial charge in [0.2, 0.25) is 5.91 Å². The van der Waals surface area contributed by atoms with Crippen LogP contribution in [0.25, 0.3) is 0 Å². The molecule has 110 valence electrons. The topological polar surface area (TPSA) is 66.5 Å². The van der Waals surface area contributed by atoms with Gasteiger partial charge in [0, 0.05) is 6.42 Å². The number of sulfonamides is 1. The first-order chi connectivity index (χ1) is 10.00. The average Bonchev–Trinajstić information content (AvgIpc) is 2.91. The number of hydrogen-bond donors (Lipinski definition) is 1. The fourth-order valence-electron chi connectivity index (χ4n) is 2.43. The second-order valence-electron chi connectivity index (χ2n) is 4.85. The molecule has 0 radical (unpaired) electrons. The summed E-state index contributed by atoms with van der Waals surface area (Å²) < 4.78 is 27.4. The van der Waals surface area contributed by atoms with Gasteiger partial charge in [0.1, 0.15) is 4.21 Å². The van der Waals surface area contributed by atoms with Crippen molar-refractivity contribution >= 4 is 38.6 Å².